The molecular formula is C12H13N3O2. The number of nitrogens with zero attached hydrogens (tertiary/aromatic N) is 1. The average Bonchev–Trinajstić information content (AvgIpc) is 2.89. The number of aromatic nitrogens is 1. The van der Waals surface area contributed by atoms with Gasteiger partial charge >= 0.3 is 0 Å². The van der Waals surface area contributed by atoms with Crippen molar-refractivity contribution in [1.82, 2.24) is 10.5 Å². The van der Waals surface area contributed by atoms with Crippen LogP contribution in [0.5, 0.6) is 0 Å². The van der Waals surface area contributed by atoms with Gasteiger partial charge in [-0.1, -0.05) is 5.16 Å². The van der Waals surface area contributed by atoms with Crippen molar-refractivity contribution >= 4 is 11.6 Å². The van der Waals surface area contributed by atoms with Gasteiger partial charge in [0.1, 0.15) is 12.0 Å². The van der Waals surface area contributed by atoms with E-state index in [1.165, 1.54) is 6.26 Å². The van der Waals surface area contributed by atoms with Crippen molar-refractivity contribution in [2.24, 2.45) is 0 Å². The molecule has 0 saturated carbocycles. The Balaban J connectivity index is 1.95. The number of carbonyl (C=O) groups excluding carboxylic acids is 1. The Morgan fingerprint density at radius 3 is 2.65 bits per heavy atom. The van der Waals surface area contributed by atoms with Gasteiger partial charge in [-0.05, 0) is 24.3 Å². The van der Waals surface area contributed by atoms with Crippen LogP contribution in [0.25, 0.3) is 0 Å². The molecule has 0 aliphatic heterocycles. The molecule has 0 radical (unpaired) electrons. The Hall–Kier alpha value is -2.30. The van der Waals surface area contributed by atoms with E-state index in [0.29, 0.717) is 17.8 Å². The molecule has 2 aromatic rings. The van der Waals surface area contributed by atoms with Crippen molar-refractivity contribution in [3.8, 4) is 0 Å². The van der Waals surface area contributed by atoms with Crippen LogP contribution in [0.2, 0.25) is 0 Å². The molecule has 0 spiro atoms. The fourth-order valence-corrected chi connectivity index (χ4v) is 1.39. The molecule has 1 heterocycles. The number of rotatable bonds is 4. The third-order valence-corrected chi connectivity index (χ3v) is 2.36. The van der Waals surface area contributed by atoms with Gasteiger partial charge in [-0.2, -0.15) is 0 Å². The van der Waals surface area contributed by atoms with Crippen molar-refractivity contribution in [1.29, 1.82) is 0 Å². The molecule has 0 unspecified atom stereocenters. The number of hydrogen-bond acceptors (Lipinski definition) is 4. The predicted molar refractivity (Wildman–Crippen MR) is 63.7 cm³/mol. The minimum absolute atomic E-state index is 0.129. The maximum Gasteiger partial charge on any atom is 0.251 e. The van der Waals surface area contributed by atoms with Crippen molar-refractivity contribution in [2.75, 3.05) is 12.4 Å². The molecule has 1 aromatic carbocycles. The number of benzene rings is 1. The third kappa shape index (κ3) is 2.84. The van der Waals surface area contributed by atoms with Gasteiger partial charge in [-0.25, -0.2) is 0 Å². The Bertz CT molecular complexity index is 477. The van der Waals surface area contributed by atoms with Crippen LogP contribution >= 0.6 is 0 Å². The molecule has 0 fully saturated rings. The van der Waals surface area contributed by atoms with Crippen LogP contribution in [0.15, 0.2) is 41.1 Å². The summed E-state index contributed by atoms with van der Waals surface area (Å²) < 4.78 is 4.67. The molecule has 0 aliphatic rings. The van der Waals surface area contributed by atoms with Crippen molar-refractivity contribution in [2.45, 2.75) is 6.54 Å². The van der Waals surface area contributed by atoms with Crippen LogP contribution in [0, 0.1) is 0 Å². The Morgan fingerprint density at radius 2 is 2.06 bits per heavy atom. The van der Waals surface area contributed by atoms with E-state index in [4.69, 9.17) is 0 Å². The van der Waals surface area contributed by atoms with E-state index in [9.17, 15) is 4.79 Å². The van der Waals surface area contributed by atoms with Gasteiger partial charge in [0.05, 0.1) is 6.54 Å². The molecule has 0 aliphatic carbocycles. The molecule has 5 nitrogen and oxygen atoms in total. The zero-order valence-corrected chi connectivity index (χ0v) is 9.43. The molecule has 0 bridgehead atoms. The van der Waals surface area contributed by atoms with E-state index in [1.807, 2.05) is 19.2 Å². The second-order valence-corrected chi connectivity index (χ2v) is 3.50. The number of amides is 1. The van der Waals surface area contributed by atoms with Crippen LogP contribution in [-0.2, 0) is 6.54 Å². The lowest BCUT2D eigenvalue weighted by Gasteiger charge is -2.04. The Kier molecular flexibility index (Phi) is 3.40. The van der Waals surface area contributed by atoms with Gasteiger partial charge in [0, 0.05) is 24.4 Å². The topological polar surface area (TPSA) is 67.2 Å². The van der Waals surface area contributed by atoms with Crippen molar-refractivity contribution < 1.29 is 9.32 Å². The molecule has 2 N–H and O–H groups in total. The highest BCUT2D eigenvalue weighted by molar-refractivity contribution is 5.94. The fourth-order valence-electron chi connectivity index (χ4n) is 1.39. The highest BCUT2D eigenvalue weighted by Crippen LogP contribution is 2.08. The summed E-state index contributed by atoms with van der Waals surface area (Å²) in [7, 11) is 1.83. The standard InChI is InChI=1S/C12H13N3O2/c1-13-10-4-2-9(3-5-10)12(16)14-8-11-6-7-17-15-11/h2-7,13H,8H2,1H3,(H,14,16). The Morgan fingerprint density at radius 1 is 1.29 bits per heavy atom. The molecular weight excluding hydrogens is 218 g/mol. The van der Waals surface area contributed by atoms with Crippen molar-refractivity contribution in [3.05, 3.63) is 47.9 Å². The zero-order valence-electron chi connectivity index (χ0n) is 9.43. The number of carbonyl (C=O) groups is 1. The normalized spacial score (nSPS) is 9.94. The summed E-state index contributed by atoms with van der Waals surface area (Å²) in [4.78, 5) is 11.7. The van der Waals surface area contributed by atoms with Gasteiger partial charge in [0.25, 0.3) is 5.91 Å². The van der Waals surface area contributed by atoms with E-state index in [1.54, 1.807) is 18.2 Å². The van der Waals surface area contributed by atoms with Gasteiger partial charge in [0.2, 0.25) is 0 Å². The van der Waals surface area contributed by atoms with Crippen LogP contribution in [0.1, 0.15) is 16.1 Å². The molecule has 5 heteroatoms. The summed E-state index contributed by atoms with van der Waals surface area (Å²) in [5, 5.41) is 9.46. The SMILES string of the molecule is CNc1ccc(C(=O)NCc2ccon2)cc1. The molecule has 17 heavy (non-hydrogen) atoms. The molecule has 88 valence electrons. The van der Waals surface area contributed by atoms with E-state index in [-0.39, 0.29) is 5.91 Å². The van der Waals surface area contributed by atoms with E-state index in [0.717, 1.165) is 5.69 Å². The summed E-state index contributed by atoms with van der Waals surface area (Å²) >= 11 is 0. The van der Waals surface area contributed by atoms with Crippen LogP contribution < -0.4 is 10.6 Å². The zero-order chi connectivity index (χ0) is 12.1. The van der Waals surface area contributed by atoms with E-state index >= 15 is 0 Å². The number of nitrogens with one attached hydrogen (secondary N) is 2. The molecule has 1 amide bonds. The second-order valence-electron chi connectivity index (χ2n) is 3.50. The molecule has 2 rings (SSSR count). The first-order valence-electron chi connectivity index (χ1n) is 5.25. The number of anilines is 1. The van der Waals surface area contributed by atoms with Gasteiger partial charge in [-0.3, -0.25) is 4.79 Å². The smallest absolute Gasteiger partial charge is 0.251 e. The van der Waals surface area contributed by atoms with Gasteiger partial charge < -0.3 is 15.2 Å². The summed E-state index contributed by atoms with van der Waals surface area (Å²) in [6.45, 7) is 0.364. The molecule has 1 aromatic heterocycles. The minimum Gasteiger partial charge on any atom is -0.388 e. The lowest BCUT2D eigenvalue weighted by Crippen LogP contribution is -2.22. The first kappa shape index (κ1) is 11.2. The number of hydrogen-bond donors (Lipinski definition) is 2. The van der Waals surface area contributed by atoms with E-state index in [2.05, 4.69) is 20.3 Å². The minimum atomic E-state index is -0.129. The Labute approximate surface area is 98.8 Å². The first-order valence-corrected chi connectivity index (χ1v) is 5.25. The monoisotopic (exact) mass is 231 g/mol. The van der Waals surface area contributed by atoms with Crippen LogP contribution in [0.3, 0.4) is 0 Å². The maximum atomic E-state index is 11.7. The highest BCUT2D eigenvalue weighted by Gasteiger charge is 2.05. The average molecular weight is 231 g/mol. The van der Waals surface area contributed by atoms with Crippen LogP contribution in [0.4, 0.5) is 5.69 Å². The summed E-state index contributed by atoms with van der Waals surface area (Å²) in [6, 6.07) is 8.95. The highest BCUT2D eigenvalue weighted by atomic mass is 16.5. The quantitative estimate of drug-likeness (QED) is 0.839. The summed E-state index contributed by atoms with van der Waals surface area (Å²) in [6.07, 6.45) is 1.48. The molecule has 0 saturated heterocycles. The van der Waals surface area contributed by atoms with Gasteiger partial charge in [0.15, 0.2) is 0 Å². The predicted octanol–water partition coefficient (Wildman–Crippen LogP) is 1.65. The second kappa shape index (κ2) is 5.16. The first-order chi connectivity index (χ1) is 8.29. The van der Waals surface area contributed by atoms with Crippen LogP contribution in [-0.4, -0.2) is 18.1 Å². The van der Waals surface area contributed by atoms with Gasteiger partial charge in [-0.15, -0.1) is 0 Å². The third-order valence-electron chi connectivity index (χ3n) is 2.36. The molecule has 0 atom stereocenters. The fraction of sp³-hybridized carbons (Fsp3) is 0.167. The van der Waals surface area contributed by atoms with E-state index < -0.39 is 0 Å². The lowest BCUT2D eigenvalue weighted by molar-refractivity contribution is 0.0950. The lowest BCUT2D eigenvalue weighted by atomic mass is 10.2. The summed E-state index contributed by atoms with van der Waals surface area (Å²) in [5.74, 6) is -0.129. The largest absolute Gasteiger partial charge is 0.388 e. The summed E-state index contributed by atoms with van der Waals surface area (Å²) in [5.41, 5.74) is 2.29. The maximum absolute atomic E-state index is 11.7. The van der Waals surface area contributed by atoms with Crippen molar-refractivity contribution in [3.63, 3.8) is 0 Å².